The second-order valence-electron chi connectivity index (χ2n) is 6.19. The Labute approximate surface area is 153 Å². The Balaban J connectivity index is 2.15. The number of hydrogen-bond donors (Lipinski definition) is 0. The summed E-state index contributed by atoms with van der Waals surface area (Å²) in [5.41, 5.74) is 3.10. The SMILES string of the molecule is Cc1cccc(C)c1N(Cc1ccc(F)cc1)S(=O)(=O)c1ccccc1. The average Bonchev–Trinajstić information content (AvgIpc) is 2.63. The molecule has 3 nitrogen and oxygen atoms in total. The Morgan fingerprint density at radius 1 is 0.808 bits per heavy atom. The van der Waals surface area contributed by atoms with E-state index in [2.05, 4.69) is 0 Å². The molecule has 0 aromatic heterocycles. The molecule has 0 fully saturated rings. The second-order valence-corrected chi connectivity index (χ2v) is 8.05. The molecule has 3 aromatic carbocycles. The van der Waals surface area contributed by atoms with Crippen LogP contribution in [0.1, 0.15) is 16.7 Å². The predicted molar refractivity (Wildman–Crippen MR) is 102 cm³/mol. The van der Waals surface area contributed by atoms with Crippen LogP contribution in [0.4, 0.5) is 10.1 Å². The van der Waals surface area contributed by atoms with E-state index in [4.69, 9.17) is 0 Å². The van der Waals surface area contributed by atoms with Gasteiger partial charge < -0.3 is 0 Å². The van der Waals surface area contributed by atoms with Crippen molar-refractivity contribution < 1.29 is 12.8 Å². The first-order chi connectivity index (χ1) is 12.4. The molecule has 0 heterocycles. The topological polar surface area (TPSA) is 37.4 Å². The zero-order chi connectivity index (χ0) is 18.7. The lowest BCUT2D eigenvalue weighted by atomic mass is 10.1. The number of hydrogen-bond acceptors (Lipinski definition) is 2. The van der Waals surface area contributed by atoms with Gasteiger partial charge in [0.15, 0.2) is 0 Å². The van der Waals surface area contributed by atoms with E-state index in [1.54, 1.807) is 42.5 Å². The monoisotopic (exact) mass is 369 g/mol. The normalized spacial score (nSPS) is 11.3. The molecule has 0 saturated carbocycles. The van der Waals surface area contributed by atoms with Crippen LogP contribution < -0.4 is 4.31 Å². The number of rotatable bonds is 5. The van der Waals surface area contributed by atoms with Gasteiger partial charge in [-0.25, -0.2) is 12.8 Å². The highest BCUT2D eigenvalue weighted by Gasteiger charge is 2.27. The quantitative estimate of drug-likeness (QED) is 0.645. The Morgan fingerprint density at radius 2 is 1.38 bits per heavy atom. The van der Waals surface area contributed by atoms with Crippen molar-refractivity contribution in [3.63, 3.8) is 0 Å². The summed E-state index contributed by atoms with van der Waals surface area (Å²) in [6, 6.07) is 19.9. The highest BCUT2D eigenvalue weighted by atomic mass is 32.2. The van der Waals surface area contributed by atoms with Crippen molar-refractivity contribution in [2.24, 2.45) is 0 Å². The van der Waals surface area contributed by atoms with Crippen LogP contribution in [0.2, 0.25) is 0 Å². The highest BCUT2D eigenvalue weighted by molar-refractivity contribution is 7.92. The third kappa shape index (κ3) is 3.63. The van der Waals surface area contributed by atoms with E-state index in [1.165, 1.54) is 16.4 Å². The Morgan fingerprint density at radius 3 is 1.96 bits per heavy atom. The van der Waals surface area contributed by atoms with Gasteiger partial charge in [-0.3, -0.25) is 4.31 Å². The maximum absolute atomic E-state index is 13.4. The van der Waals surface area contributed by atoms with Gasteiger partial charge in [0.2, 0.25) is 0 Å². The summed E-state index contributed by atoms with van der Waals surface area (Å²) in [7, 11) is -3.77. The van der Waals surface area contributed by atoms with Gasteiger partial charge in [-0.05, 0) is 54.8 Å². The molecule has 0 saturated heterocycles. The van der Waals surface area contributed by atoms with Crippen LogP contribution in [-0.2, 0) is 16.6 Å². The molecule has 0 amide bonds. The number of anilines is 1. The molecule has 0 N–H and O–H groups in total. The van der Waals surface area contributed by atoms with Gasteiger partial charge >= 0.3 is 0 Å². The number of benzene rings is 3. The van der Waals surface area contributed by atoms with Crippen molar-refractivity contribution in [1.82, 2.24) is 0 Å². The minimum atomic E-state index is -3.77. The minimum absolute atomic E-state index is 0.128. The van der Waals surface area contributed by atoms with Crippen LogP contribution in [-0.4, -0.2) is 8.42 Å². The maximum atomic E-state index is 13.4. The van der Waals surface area contributed by atoms with Crippen LogP contribution in [0.15, 0.2) is 77.7 Å². The fourth-order valence-electron chi connectivity index (χ4n) is 2.96. The van der Waals surface area contributed by atoms with E-state index >= 15 is 0 Å². The van der Waals surface area contributed by atoms with E-state index in [1.807, 2.05) is 32.0 Å². The summed E-state index contributed by atoms with van der Waals surface area (Å²) in [5.74, 6) is -0.349. The number of aryl methyl sites for hydroxylation is 2. The summed E-state index contributed by atoms with van der Waals surface area (Å²) in [5, 5.41) is 0. The molecule has 3 aromatic rings. The smallest absolute Gasteiger partial charge is 0.261 e. The van der Waals surface area contributed by atoms with Gasteiger partial charge in [-0.2, -0.15) is 0 Å². The van der Waals surface area contributed by atoms with Gasteiger partial charge in [0.25, 0.3) is 10.0 Å². The third-order valence-corrected chi connectivity index (χ3v) is 6.02. The Kier molecular flexibility index (Phi) is 5.09. The lowest BCUT2D eigenvalue weighted by Crippen LogP contribution is -2.31. The fraction of sp³-hybridized carbons (Fsp3) is 0.143. The number of para-hydroxylation sites is 1. The molecular weight excluding hydrogens is 349 g/mol. The van der Waals surface area contributed by atoms with Gasteiger partial charge in [-0.15, -0.1) is 0 Å². The molecule has 0 aliphatic carbocycles. The molecule has 26 heavy (non-hydrogen) atoms. The third-order valence-electron chi connectivity index (χ3n) is 4.26. The zero-order valence-electron chi connectivity index (χ0n) is 14.7. The van der Waals surface area contributed by atoms with Gasteiger partial charge in [0, 0.05) is 0 Å². The van der Waals surface area contributed by atoms with E-state index in [0.717, 1.165) is 11.1 Å². The van der Waals surface area contributed by atoms with Crippen LogP contribution >= 0.6 is 0 Å². The standard InChI is InChI=1S/C21H20FNO2S/c1-16-7-6-8-17(2)21(16)23(15-18-11-13-19(22)14-12-18)26(24,25)20-9-4-3-5-10-20/h3-14H,15H2,1-2H3. The molecule has 0 bridgehead atoms. The number of nitrogens with zero attached hydrogens (tertiary/aromatic N) is 1. The van der Waals surface area contributed by atoms with Crippen LogP contribution in [0.3, 0.4) is 0 Å². The molecule has 0 aliphatic rings. The average molecular weight is 369 g/mol. The molecule has 0 spiro atoms. The molecule has 0 unspecified atom stereocenters. The van der Waals surface area contributed by atoms with Crippen molar-refractivity contribution in [3.8, 4) is 0 Å². The molecular formula is C21H20FNO2S. The Bertz CT molecular complexity index is 980. The molecule has 0 radical (unpaired) electrons. The van der Waals surface area contributed by atoms with Gasteiger partial charge in [-0.1, -0.05) is 48.5 Å². The van der Waals surface area contributed by atoms with Crippen molar-refractivity contribution in [2.45, 2.75) is 25.3 Å². The van der Waals surface area contributed by atoms with Crippen molar-refractivity contribution in [3.05, 3.63) is 95.3 Å². The summed E-state index contributed by atoms with van der Waals surface area (Å²) >= 11 is 0. The van der Waals surface area contributed by atoms with Crippen molar-refractivity contribution in [2.75, 3.05) is 4.31 Å². The van der Waals surface area contributed by atoms with Gasteiger partial charge in [0.05, 0.1) is 17.1 Å². The van der Waals surface area contributed by atoms with E-state index in [9.17, 15) is 12.8 Å². The first-order valence-corrected chi connectivity index (χ1v) is 9.72. The van der Waals surface area contributed by atoms with E-state index in [0.29, 0.717) is 11.3 Å². The minimum Gasteiger partial charge on any atom is -0.261 e. The Hall–Kier alpha value is -2.66. The first kappa shape index (κ1) is 18.1. The van der Waals surface area contributed by atoms with Crippen molar-refractivity contribution in [1.29, 1.82) is 0 Å². The lowest BCUT2D eigenvalue weighted by Gasteiger charge is -2.28. The largest absolute Gasteiger partial charge is 0.264 e. The fourth-order valence-corrected chi connectivity index (χ4v) is 4.56. The summed E-state index contributed by atoms with van der Waals surface area (Å²) < 4.78 is 41.4. The molecule has 134 valence electrons. The molecule has 5 heteroatoms. The second kappa shape index (κ2) is 7.30. The van der Waals surface area contributed by atoms with Crippen LogP contribution in [0, 0.1) is 19.7 Å². The number of halogens is 1. The van der Waals surface area contributed by atoms with Crippen molar-refractivity contribution >= 4 is 15.7 Å². The summed E-state index contributed by atoms with van der Waals surface area (Å²) in [4.78, 5) is 0.227. The van der Waals surface area contributed by atoms with Crippen LogP contribution in [0.5, 0.6) is 0 Å². The predicted octanol–water partition coefficient (Wildman–Crippen LogP) is 4.84. The maximum Gasteiger partial charge on any atom is 0.264 e. The highest BCUT2D eigenvalue weighted by Crippen LogP contribution is 2.31. The van der Waals surface area contributed by atoms with Crippen LogP contribution in [0.25, 0.3) is 0 Å². The first-order valence-electron chi connectivity index (χ1n) is 8.28. The summed E-state index contributed by atoms with van der Waals surface area (Å²) in [6.45, 7) is 3.91. The summed E-state index contributed by atoms with van der Waals surface area (Å²) in [6.07, 6.45) is 0. The van der Waals surface area contributed by atoms with E-state index in [-0.39, 0.29) is 17.3 Å². The lowest BCUT2D eigenvalue weighted by molar-refractivity contribution is 0.590. The van der Waals surface area contributed by atoms with Gasteiger partial charge in [0.1, 0.15) is 5.82 Å². The molecule has 3 rings (SSSR count). The molecule has 0 atom stereocenters. The zero-order valence-corrected chi connectivity index (χ0v) is 15.5. The number of sulfonamides is 1. The van der Waals surface area contributed by atoms with E-state index < -0.39 is 10.0 Å². The molecule has 0 aliphatic heterocycles.